The molecular weight excluding hydrogens is 198 g/mol. The Balaban J connectivity index is 2.08. The fourth-order valence-corrected chi connectivity index (χ4v) is 1.44. The lowest BCUT2D eigenvalue weighted by molar-refractivity contribution is -0.118. The molecule has 0 aromatic heterocycles. The molecule has 0 heterocycles. The van der Waals surface area contributed by atoms with Crippen LogP contribution in [0.25, 0.3) is 0 Å². The summed E-state index contributed by atoms with van der Waals surface area (Å²) in [5.74, 6) is 0.306. The Morgan fingerprint density at radius 3 is 2.69 bits per heavy atom. The van der Waals surface area contributed by atoms with Crippen LogP contribution in [0.2, 0.25) is 0 Å². The molecule has 1 rings (SSSR count). The van der Waals surface area contributed by atoms with Gasteiger partial charge in [0.25, 0.3) is 0 Å². The second kappa shape index (κ2) is 7.83. The number of rotatable bonds is 8. The van der Waals surface area contributed by atoms with Gasteiger partial charge in [0.15, 0.2) is 0 Å². The van der Waals surface area contributed by atoms with Crippen molar-refractivity contribution in [2.24, 2.45) is 0 Å². The lowest BCUT2D eigenvalue weighted by Gasteiger charge is -2.03. The van der Waals surface area contributed by atoms with Crippen molar-refractivity contribution in [1.29, 1.82) is 0 Å². The molecule has 1 N–H and O–H groups in total. The second-order valence-electron chi connectivity index (χ2n) is 3.78. The molecule has 2 nitrogen and oxygen atoms in total. The zero-order valence-electron chi connectivity index (χ0n) is 9.61. The van der Waals surface area contributed by atoms with Gasteiger partial charge in [-0.15, -0.1) is 6.58 Å². The Morgan fingerprint density at radius 1 is 1.25 bits per heavy atom. The summed E-state index contributed by atoms with van der Waals surface area (Å²) in [6, 6.07) is 10.2. The molecule has 0 atom stereocenters. The van der Waals surface area contributed by atoms with Gasteiger partial charge in [-0.1, -0.05) is 36.4 Å². The molecule has 0 aliphatic rings. The first-order valence-corrected chi connectivity index (χ1v) is 5.70. The summed E-state index contributed by atoms with van der Waals surface area (Å²) in [5.41, 5.74) is 1.25. The van der Waals surface area contributed by atoms with Crippen molar-refractivity contribution in [3.63, 3.8) is 0 Å². The number of hydrogen-bond acceptors (Lipinski definition) is 2. The van der Waals surface area contributed by atoms with Crippen LogP contribution in [-0.2, 0) is 11.3 Å². The number of allylic oxidation sites excluding steroid dienone is 1. The minimum atomic E-state index is 0.306. The molecule has 1 aromatic carbocycles. The SMILES string of the molecule is C=CCCC(=O)CCNCc1ccccc1. The first-order valence-electron chi connectivity index (χ1n) is 5.70. The molecule has 0 amide bonds. The van der Waals surface area contributed by atoms with E-state index in [1.807, 2.05) is 18.2 Å². The molecule has 0 radical (unpaired) electrons. The minimum absolute atomic E-state index is 0.306. The number of benzene rings is 1. The molecule has 0 fully saturated rings. The summed E-state index contributed by atoms with van der Waals surface area (Å²) in [6.45, 7) is 5.18. The van der Waals surface area contributed by atoms with Crippen molar-refractivity contribution < 1.29 is 4.79 Å². The number of Topliss-reactive ketones (excluding diaryl/α,β-unsaturated/α-hetero) is 1. The smallest absolute Gasteiger partial charge is 0.134 e. The third-order valence-corrected chi connectivity index (χ3v) is 2.38. The largest absolute Gasteiger partial charge is 0.312 e. The molecule has 0 spiro atoms. The lowest BCUT2D eigenvalue weighted by Crippen LogP contribution is -2.17. The summed E-state index contributed by atoms with van der Waals surface area (Å²) < 4.78 is 0. The highest BCUT2D eigenvalue weighted by Crippen LogP contribution is 1.98. The Kier molecular flexibility index (Phi) is 6.19. The van der Waals surface area contributed by atoms with Crippen LogP contribution >= 0.6 is 0 Å². The maximum atomic E-state index is 11.3. The predicted molar refractivity (Wildman–Crippen MR) is 67.2 cm³/mol. The van der Waals surface area contributed by atoms with Crippen molar-refractivity contribution in [1.82, 2.24) is 5.32 Å². The molecule has 0 unspecified atom stereocenters. The minimum Gasteiger partial charge on any atom is -0.312 e. The molecule has 0 saturated heterocycles. The molecule has 0 bridgehead atoms. The third-order valence-electron chi connectivity index (χ3n) is 2.38. The summed E-state index contributed by atoms with van der Waals surface area (Å²) >= 11 is 0. The quantitative estimate of drug-likeness (QED) is 0.536. The number of carbonyl (C=O) groups is 1. The number of carbonyl (C=O) groups excluding carboxylic acids is 1. The first-order chi connectivity index (χ1) is 7.83. The van der Waals surface area contributed by atoms with E-state index < -0.39 is 0 Å². The molecule has 2 heteroatoms. The van der Waals surface area contributed by atoms with Crippen molar-refractivity contribution in [2.75, 3.05) is 6.54 Å². The van der Waals surface area contributed by atoms with Gasteiger partial charge in [-0.2, -0.15) is 0 Å². The van der Waals surface area contributed by atoms with Crippen LogP contribution in [0.3, 0.4) is 0 Å². The van der Waals surface area contributed by atoms with Gasteiger partial charge in [0.2, 0.25) is 0 Å². The van der Waals surface area contributed by atoms with Gasteiger partial charge in [-0.25, -0.2) is 0 Å². The van der Waals surface area contributed by atoms with E-state index in [-0.39, 0.29) is 0 Å². The fourth-order valence-electron chi connectivity index (χ4n) is 1.44. The summed E-state index contributed by atoms with van der Waals surface area (Å²) in [4.78, 5) is 11.3. The summed E-state index contributed by atoms with van der Waals surface area (Å²) in [6.07, 6.45) is 3.81. The van der Waals surface area contributed by atoms with Gasteiger partial charge in [-0.05, 0) is 12.0 Å². The maximum absolute atomic E-state index is 11.3. The number of nitrogens with one attached hydrogen (secondary N) is 1. The first kappa shape index (κ1) is 12.7. The molecule has 0 saturated carbocycles. The van der Waals surface area contributed by atoms with E-state index in [0.717, 1.165) is 19.5 Å². The fraction of sp³-hybridized carbons (Fsp3) is 0.357. The van der Waals surface area contributed by atoms with Crippen LogP contribution < -0.4 is 5.32 Å². The van der Waals surface area contributed by atoms with Crippen LogP contribution in [-0.4, -0.2) is 12.3 Å². The number of ketones is 1. The molecule has 16 heavy (non-hydrogen) atoms. The normalized spacial score (nSPS) is 10.0. The van der Waals surface area contributed by atoms with Crippen molar-refractivity contribution >= 4 is 5.78 Å². The van der Waals surface area contributed by atoms with E-state index >= 15 is 0 Å². The average Bonchev–Trinajstić information content (AvgIpc) is 2.33. The van der Waals surface area contributed by atoms with Gasteiger partial charge < -0.3 is 5.32 Å². The van der Waals surface area contributed by atoms with E-state index in [0.29, 0.717) is 18.6 Å². The van der Waals surface area contributed by atoms with E-state index in [1.54, 1.807) is 6.08 Å². The van der Waals surface area contributed by atoms with Gasteiger partial charge in [0.1, 0.15) is 5.78 Å². The Hall–Kier alpha value is -1.41. The Morgan fingerprint density at radius 2 is 2.00 bits per heavy atom. The third kappa shape index (κ3) is 5.47. The van der Waals surface area contributed by atoms with E-state index in [4.69, 9.17) is 0 Å². The van der Waals surface area contributed by atoms with Gasteiger partial charge in [0.05, 0.1) is 0 Å². The van der Waals surface area contributed by atoms with Crippen LogP contribution in [0, 0.1) is 0 Å². The van der Waals surface area contributed by atoms with E-state index in [2.05, 4.69) is 24.0 Å². The van der Waals surface area contributed by atoms with Gasteiger partial charge >= 0.3 is 0 Å². The van der Waals surface area contributed by atoms with Gasteiger partial charge in [-0.3, -0.25) is 4.79 Å². The zero-order valence-corrected chi connectivity index (χ0v) is 9.61. The predicted octanol–water partition coefficient (Wildman–Crippen LogP) is 2.70. The summed E-state index contributed by atoms with van der Waals surface area (Å²) in [7, 11) is 0. The monoisotopic (exact) mass is 217 g/mol. The Labute approximate surface area is 97.4 Å². The van der Waals surface area contributed by atoms with Crippen LogP contribution in [0.15, 0.2) is 43.0 Å². The van der Waals surface area contributed by atoms with Crippen LogP contribution in [0.4, 0.5) is 0 Å². The van der Waals surface area contributed by atoms with E-state index in [1.165, 1.54) is 5.56 Å². The van der Waals surface area contributed by atoms with E-state index in [9.17, 15) is 4.79 Å². The Bertz CT molecular complexity index is 319. The summed E-state index contributed by atoms with van der Waals surface area (Å²) in [5, 5.41) is 3.26. The van der Waals surface area contributed by atoms with Crippen molar-refractivity contribution in [2.45, 2.75) is 25.8 Å². The highest BCUT2D eigenvalue weighted by molar-refractivity contribution is 5.78. The van der Waals surface area contributed by atoms with Crippen LogP contribution in [0.1, 0.15) is 24.8 Å². The highest BCUT2D eigenvalue weighted by atomic mass is 16.1. The van der Waals surface area contributed by atoms with Crippen molar-refractivity contribution in [3.05, 3.63) is 48.6 Å². The van der Waals surface area contributed by atoms with Crippen molar-refractivity contribution in [3.8, 4) is 0 Å². The standard InChI is InChI=1S/C14H19NO/c1-2-3-9-14(16)10-11-15-12-13-7-5-4-6-8-13/h2,4-8,15H,1,3,9-12H2. The average molecular weight is 217 g/mol. The molecule has 86 valence electrons. The molecule has 0 aliphatic heterocycles. The topological polar surface area (TPSA) is 29.1 Å². The zero-order chi connectivity index (χ0) is 11.6. The van der Waals surface area contributed by atoms with Crippen LogP contribution in [0.5, 0.6) is 0 Å². The number of hydrogen-bond donors (Lipinski definition) is 1. The second-order valence-corrected chi connectivity index (χ2v) is 3.78. The molecule has 0 aliphatic carbocycles. The van der Waals surface area contributed by atoms with Gasteiger partial charge in [0, 0.05) is 25.9 Å². The maximum Gasteiger partial charge on any atom is 0.134 e. The lowest BCUT2D eigenvalue weighted by atomic mass is 10.1. The molecular formula is C14H19NO. The highest BCUT2D eigenvalue weighted by Gasteiger charge is 1.99. The molecule has 1 aromatic rings.